The Balaban J connectivity index is 2.90. The highest BCUT2D eigenvalue weighted by Crippen LogP contribution is 2.34. The van der Waals surface area contributed by atoms with E-state index in [1.165, 1.54) is 6.61 Å². The predicted molar refractivity (Wildman–Crippen MR) is 61.3 cm³/mol. The molecule has 0 saturated heterocycles. The topological polar surface area (TPSA) is 18.5 Å². The van der Waals surface area contributed by atoms with Gasteiger partial charge in [-0.05, 0) is 0 Å². The molecule has 67 valence electrons. The van der Waals surface area contributed by atoms with Crippen LogP contribution in [0.4, 0.5) is 0 Å². The SMILES string of the molecule is SCOC1=C(S)[CH]OC(S)=C1S. The second-order valence-electron chi connectivity index (χ2n) is 1.88. The molecule has 0 bridgehead atoms. The Kier molecular flexibility index (Phi) is 4.09. The van der Waals surface area contributed by atoms with Crippen molar-refractivity contribution >= 4 is 50.5 Å². The Morgan fingerprint density at radius 2 is 2.00 bits per heavy atom. The summed E-state index contributed by atoms with van der Waals surface area (Å²) in [6, 6.07) is 0. The van der Waals surface area contributed by atoms with Gasteiger partial charge in [0.1, 0.15) is 5.94 Å². The van der Waals surface area contributed by atoms with Crippen LogP contribution in [-0.2, 0) is 9.47 Å². The van der Waals surface area contributed by atoms with Crippen molar-refractivity contribution in [2.24, 2.45) is 0 Å². The van der Waals surface area contributed by atoms with Crippen molar-refractivity contribution in [2.45, 2.75) is 0 Å². The quantitative estimate of drug-likeness (QED) is 0.438. The molecule has 0 spiro atoms. The summed E-state index contributed by atoms with van der Waals surface area (Å²) in [5, 5.41) is 0.396. The average molecular weight is 239 g/mol. The summed E-state index contributed by atoms with van der Waals surface area (Å²) in [7, 11) is 0. The molecule has 2 nitrogen and oxygen atoms in total. The summed E-state index contributed by atoms with van der Waals surface area (Å²) in [5.41, 5.74) is 0. The lowest BCUT2D eigenvalue weighted by atomic mass is 10.4. The molecule has 0 atom stereocenters. The summed E-state index contributed by atoms with van der Waals surface area (Å²) in [4.78, 5) is 1.10. The van der Waals surface area contributed by atoms with Crippen LogP contribution in [0.25, 0.3) is 0 Å². The van der Waals surface area contributed by atoms with Gasteiger partial charge in [-0.1, -0.05) is 0 Å². The minimum absolute atomic E-state index is 0.262. The molecule has 0 saturated carbocycles. The fourth-order valence-corrected chi connectivity index (χ4v) is 1.48. The van der Waals surface area contributed by atoms with Gasteiger partial charge in [-0.25, -0.2) is 0 Å². The molecule has 1 rings (SSSR count). The molecule has 1 aliphatic heterocycles. The lowest BCUT2D eigenvalue weighted by molar-refractivity contribution is 0.261. The molecule has 0 N–H and O–H groups in total. The molecule has 0 aromatic rings. The van der Waals surface area contributed by atoms with Crippen LogP contribution < -0.4 is 0 Å². The van der Waals surface area contributed by atoms with Gasteiger partial charge in [-0.2, -0.15) is 0 Å². The molecule has 1 heterocycles. The highest BCUT2D eigenvalue weighted by molar-refractivity contribution is 7.89. The van der Waals surface area contributed by atoms with Crippen LogP contribution in [0.5, 0.6) is 0 Å². The van der Waals surface area contributed by atoms with E-state index in [1.54, 1.807) is 0 Å². The third-order valence-corrected chi connectivity index (χ3v) is 2.49. The Morgan fingerprint density at radius 1 is 1.33 bits per heavy atom. The first-order valence-corrected chi connectivity index (χ1v) is 4.93. The zero-order valence-electron chi connectivity index (χ0n) is 5.89. The van der Waals surface area contributed by atoms with E-state index in [-0.39, 0.29) is 5.94 Å². The van der Waals surface area contributed by atoms with Gasteiger partial charge in [0.2, 0.25) is 0 Å². The first kappa shape index (κ1) is 10.6. The Morgan fingerprint density at radius 3 is 2.58 bits per heavy atom. The maximum atomic E-state index is 5.15. The van der Waals surface area contributed by atoms with Gasteiger partial charge in [-0.15, -0.1) is 50.5 Å². The van der Waals surface area contributed by atoms with Crippen molar-refractivity contribution < 1.29 is 9.47 Å². The normalized spacial score (nSPS) is 18.0. The van der Waals surface area contributed by atoms with Crippen molar-refractivity contribution in [3.05, 3.63) is 27.3 Å². The second kappa shape index (κ2) is 4.64. The molecule has 0 amide bonds. The molecular formula is C6H7O2S4. The van der Waals surface area contributed by atoms with Crippen molar-refractivity contribution in [1.29, 1.82) is 0 Å². The van der Waals surface area contributed by atoms with Crippen LogP contribution in [-0.4, -0.2) is 5.94 Å². The molecular weight excluding hydrogens is 232 g/mol. The number of thiol groups is 4. The van der Waals surface area contributed by atoms with Crippen molar-refractivity contribution in [1.82, 2.24) is 0 Å². The van der Waals surface area contributed by atoms with Crippen LogP contribution in [0.3, 0.4) is 0 Å². The smallest absolute Gasteiger partial charge is 0.175 e. The van der Waals surface area contributed by atoms with E-state index in [9.17, 15) is 0 Å². The van der Waals surface area contributed by atoms with Gasteiger partial charge in [0.05, 0.1) is 9.81 Å². The molecule has 1 radical (unpaired) electrons. The lowest BCUT2D eigenvalue weighted by Gasteiger charge is -2.18. The van der Waals surface area contributed by atoms with E-state index < -0.39 is 0 Å². The van der Waals surface area contributed by atoms with E-state index in [4.69, 9.17) is 9.47 Å². The van der Waals surface area contributed by atoms with Gasteiger partial charge in [0.15, 0.2) is 17.5 Å². The first-order chi connectivity index (χ1) is 5.66. The van der Waals surface area contributed by atoms with Crippen molar-refractivity contribution in [3.63, 3.8) is 0 Å². The van der Waals surface area contributed by atoms with Gasteiger partial charge in [-0.3, -0.25) is 0 Å². The third-order valence-electron chi connectivity index (χ3n) is 1.14. The Hall–Kier alpha value is 0.480. The second-order valence-corrected chi connectivity index (χ2v) is 3.47. The Labute approximate surface area is 93.0 Å². The predicted octanol–water partition coefficient (Wildman–Crippen LogP) is 2.25. The van der Waals surface area contributed by atoms with Gasteiger partial charge in [0.25, 0.3) is 0 Å². The summed E-state index contributed by atoms with van der Waals surface area (Å²) in [6.07, 6.45) is 0. The highest BCUT2D eigenvalue weighted by Gasteiger charge is 2.18. The molecule has 0 aromatic heterocycles. The summed E-state index contributed by atoms with van der Waals surface area (Å²) < 4.78 is 10.1. The van der Waals surface area contributed by atoms with E-state index in [0.29, 0.717) is 20.7 Å². The monoisotopic (exact) mass is 239 g/mol. The molecule has 0 aliphatic carbocycles. The minimum atomic E-state index is 0.262. The van der Waals surface area contributed by atoms with E-state index in [2.05, 4.69) is 50.5 Å². The van der Waals surface area contributed by atoms with Crippen LogP contribution in [0.15, 0.2) is 20.7 Å². The summed E-state index contributed by atoms with van der Waals surface area (Å²) in [5.74, 6) is 0.797. The van der Waals surface area contributed by atoms with E-state index >= 15 is 0 Å². The maximum Gasteiger partial charge on any atom is 0.175 e. The zero-order chi connectivity index (χ0) is 9.14. The van der Waals surface area contributed by atoms with Crippen molar-refractivity contribution in [3.8, 4) is 0 Å². The summed E-state index contributed by atoms with van der Waals surface area (Å²) in [6.45, 7) is 1.43. The van der Waals surface area contributed by atoms with Crippen molar-refractivity contribution in [2.75, 3.05) is 5.94 Å². The number of ether oxygens (including phenoxy) is 2. The average Bonchev–Trinajstić information content (AvgIpc) is 2.06. The lowest BCUT2D eigenvalue weighted by Crippen LogP contribution is -2.03. The summed E-state index contributed by atoms with van der Waals surface area (Å²) >= 11 is 16.2. The van der Waals surface area contributed by atoms with Gasteiger partial charge < -0.3 is 9.47 Å². The molecule has 12 heavy (non-hydrogen) atoms. The fraction of sp³-hybridized carbons (Fsp3) is 0.167. The molecule has 0 aromatic carbocycles. The Bertz CT molecular complexity index is 246. The van der Waals surface area contributed by atoms with Gasteiger partial charge >= 0.3 is 0 Å². The molecule has 0 unspecified atom stereocenters. The largest absolute Gasteiger partial charge is 0.481 e. The number of hydrogen-bond donors (Lipinski definition) is 4. The van der Waals surface area contributed by atoms with Crippen LogP contribution in [0, 0.1) is 6.61 Å². The van der Waals surface area contributed by atoms with Crippen LogP contribution in [0.2, 0.25) is 0 Å². The van der Waals surface area contributed by atoms with Gasteiger partial charge in [0, 0.05) is 0 Å². The van der Waals surface area contributed by atoms with Crippen LogP contribution in [0.1, 0.15) is 0 Å². The fourth-order valence-electron chi connectivity index (χ4n) is 0.646. The molecule has 0 fully saturated rings. The maximum absolute atomic E-state index is 5.15. The zero-order valence-corrected chi connectivity index (χ0v) is 9.47. The number of rotatable bonds is 2. The standard InChI is InChI=1S/C6H7O2S4/c9-2-8-4-3(10)1-7-6(12)5(4)11/h1,9-12H,2H2. The molecule has 1 aliphatic rings. The van der Waals surface area contributed by atoms with E-state index in [1.807, 2.05) is 0 Å². The number of hydrogen-bond acceptors (Lipinski definition) is 6. The minimum Gasteiger partial charge on any atom is -0.481 e. The molecule has 6 heteroatoms. The highest BCUT2D eigenvalue weighted by atomic mass is 32.1. The van der Waals surface area contributed by atoms with Crippen LogP contribution >= 0.6 is 50.5 Å². The van der Waals surface area contributed by atoms with E-state index in [0.717, 1.165) is 0 Å². The first-order valence-electron chi connectivity index (χ1n) is 2.96. The third kappa shape index (κ3) is 2.25.